The smallest absolute Gasteiger partial charge is 0.253 e. The lowest BCUT2D eigenvalue weighted by Gasteiger charge is -2.20. The maximum Gasteiger partial charge on any atom is 0.302 e. The van der Waals surface area contributed by atoms with Crippen molar-refractivity contribution in [2.75, 3.05) is 11.8 Å². The van der Waals surface area contributed by atoms with Crippen LogP contribution in [0, 0.1) is 0 Å². The van der Waals surface area contributed by atoms with E-state index in [9.17, 15) is 8.42 Å². The predicted octanol–water partition coefficient (Wildman–Crippen LogP) is 1.13. The summed E-state index contributed by atoms with van der Waals surface area (Å²) in [5.74, 6) is 0.136. The van der Waals surface area contributed by atoms with Gasteiger partial charge in [0.05, 0.1) is 0 Å². The highest BCUT2D eigenvalue weighted by molar-refractivity contribution is 7.90. The molecule has 0 saturated heterocycles. The third-order valence-electron chi connectivity index (χ3n) is 1.97. The van der Waals surface area contributed by atoms with Crippen LogP contribution in [0.4, 0.5) is 5.82 Å². The molecular weight excluding hydrogens is 252 g/mol. The summed E-state index contributed by atoms with van der Waals surface area (Å²) in [5.41, 5.74) is 0. The Bertz CT molecular complexity index is 446. The number of halogens is 1. The van der Waals surface area contributed by atoms with E-state index in [1.807, 2.05) is 0 Å². The minimum Gasteiger partial charge on any atom is -0.253 e. The van der Waals surface area contributed by atoms with Crippen molar-refractivity contribution >= 4 is 27.6 Å². The van der Waals surface area contributed by atoms with Crippen molar-refractivity contribution in [3.05, 3.63) is 17.3 Å². The van der Waals surface area contributed by atoms with Gasteiger partial charge in [0.1, 0.15) is 0 Å². The van der Waals surface area contributed by atoms with E-state index in [2.05, 4.69) is 14.9 Å². The van der Waals surface area contributed by atoms with Crippen LogP contribution in [0.5, 0.6) is 0 Å². The average Bonchev–Trinajstić information content (AvgIpc) is 2.20. The zero-order valence-electron chi connectivity index (χ0n) is 9.18. The van der Waals surface area contributed by atoms with Crippen LogP contribution in [-0.4, -0.2) is 36.0 Å². The van der Waals surface area contributed by atoms with Gasteiger partial charge in [0, 0.05) is 13.1 Å². The van der Waals surface area contributed by atoms with Gasteiger partial charge in [-0.05, 0) is 26.0 Å². The van der Waals surface area contributed by atoms with Crippen LogP contribution in [-0.2, 0) is 10.2 Å². The zero-order valence-corrected chi connectivity index (χ0v) is 10.7. The minimum absolute atomic E-state index is 0.136. The zero-order chi connectivity index (χ0) is 12.3. The number of hydrogen-bond donors (Lipinski definition) is 1. The first-order valence-electron chi connectivity index (χ1n) is 4.58. The monoisotopic (exact) mass is 264 g/mol. The third kappa shape index (κ3) is 3.29. The van der Waals surface area contributed by atoms with Crippen LogP contribution in [0.3, 0.4) is 0 Å². The molecule has 0 bridgehead atoms. The van der Waals surface area contributed by atoms with Crippen molar-refractivity contribution < 1.29 is 8.42 Å². The summed E-state index contributed by atoms with van der Waals surface area (Å²) in [5, 5.41) is 7.35. The Morgan fingerprint density at radius 1 is 1.38 bits per heavy atom. The normalized spacial score (nSPS) is 12.1. The third-order valence-corrected chi connectivity index (χ3v) is 3.82. The average molecular weight is 265 g/mol. The van der Waals surface area contributed by atoms with Crippen LogP contribution in [0.25, 0.3) is 0 Å². The molecule has 0 radical (unpaired) electrons. The molecule has 0 atom stereocenters. The minimum atomic E-state index is -3.59. The molecule has 0 aliphatic rings. The highest BCUT2D eigenvalue weighted by Crippen LogP contribution is 2.10. The predicted molar refractivity (Wildman–Crippen MR) is 62.5 cm³/mol. The van der Waals surface area contributed by atoms with E-state index >= 15 is 0 Å². The molecule has 90 valence electrons. The molecule has 0 aliphatic heterocycles. The lowest BCUT2D eigenvalue weighted by molar-refractivity contribution is 0.414. The van der Waals surface area contributed by atoms with E-state index in [4.69, 9.17) is 11.6 Å². The molecule has 1 heterocycles. The maximum absolute atomic E-state index is 11.7. The van der Waals surface area contributed by atoms with Gasteiger partial charge in [-0.2, -0.15) is 12.7 Å². The molecule has 1 aromatic heterocycles. The Balaban J connectivity index is 2.85. The second kappa shape index (κ2) is 4.94. The highest BCUT2D eigenvalue weighted by Gasteiger charge is 2.20. The Hall–Kier alpha value is -0.920. The fourth-order valence-corrected chi connectivity index (χ4v) is 2.03. The highest BCUT2D eigenvalue weighted by atomic mass is 35.5. The molecule has 6 nitrogen and oxygen atoms in total. The van der Waals surface area contributed by atoms with Crippen LogP contribution >= 0.6 is 11.6 Å². The quantitative estimate of drug-likeness (QED) is 0.885. The topological polar surface area (TPSA) is 75.2 Å². The Labute approximate surface area is 99.8 Å². The first-order chi connectivity index (χ1) is 7.33. The van der Waals surface area contributed by atoms with Gasteiger partial charge in [0.15, 0.2) is 11.0 Å². The van der Waals surface area contributed by atoms with E-state index in [1.54, 1.807) is 13.8 Å². The van der Waals surface area contributed by atoms with Crippen LogP contribution in [0.15, 0.2) is 12.1 Å². The molecule has 0 unspecified atom stereocenters. The molecule has 0 aromatic carbocycles. The first-order valence-corrected chi connectivity index (χ1v) is 6.40. The van der Waals surface area contributed by atoms with Gasteiger partial charge in [-0.15, -0.1) is 10.2 Å². The summed E-state index contributed by atoms with van der Waals surface area (Å²) in [6.07, 6.45) is 0. The summed E-state index contributed by atoms with van der Waals surface area (Å²) in [6.45, 7) is 3.54. The molecule has 8 heteroatoms. The Kier molecular flexibility index (Phi) is 4.06. The number of nitrogens with zero attached hydrogens (tertiary/aromatic N) is 3. The van der Waals surface area contributed by atoms with E-state index in [-0.39, 0.29) is 17.0 Å². The van der Waals surface area contributed by atoms with Gasteiger partial charge in [-0.25, -0.2) is 0 Å². The Morgan fingerprint density at radius 2 is 2.00 bits per heavy atom. The lowest BCUT2D eigenvalue weighted by Crippen LogP contribution is -2.37. The van der Waals surface area contributed by atoms with E-state index in [1.165, 1.54) is 23.5 Å². The van der Waals surface area contributed by atoms with Gasteiger partial charge < -0.3 is 0 Å². The summed E-state index contributed by atoms with van der Waals surface area (Å²) >= 11 is 5.53. The number of hydrogen-bond acceptors (Lipinski definition) is 4. The summed E-state index contributed by atoms with van der Waals surface area (Å²) in [6, 6.07) is 2.76. The van der Waals surface area contributed by atoms with Crippen molar-refractivity contribution in [2.24, 2.45) is 0 Å². The Morgan fingerprint density at radius 3 is 2.44 bits per heavy atom. The van der Waals surface area contributed by atoms with Crippen molar-refractivity contribution in [3.8, 4) is 0 Å². The number of rotatable bonds is 4. The standard InChI is InChI=1S/C8H13ClN4O2S/c1-6(2)13(3)16(14,15)12-8-5-4-7(9)10-11-8/h4-6H,1-3H3,(H,11,12). The molecule has 1 aromatic rings. The fourth-order valence-electron chi connectivity index (χ4n) is 0.852. The van der Waals surface area contributed by atoms with Gasteiger partial charge in [0.2, 0.25) is 0 Å². The van der Waals surface area contributed by atoms with E-state index in [0.29, 0.717) is 0 Å². The molecule has 0 amide bonds. The van der Waals surface area contributed by atoms with E-state index in [0.717, 1.165) is 0 Å². The van der Waals surface area contributed by atoms with Gasteiger partial charge in [0.25, 0.3) is 0 Å². The molecular formula is C8H13ClN4O2S. The second-order valence-corrected chi connectivity index (χ2v) is 5.58. The van der Waals surface area contributed by atoms with Crippen LogP contribution in [0.1, 0.15) is 13.8 Å². The van der Waals surface area contributed by atoms with Crippen molar-refractivity contribution in [2.45, 2.75) is 19.9 Å². The summed E-state index contributed by atoms with van der Waals surface area (Å²) < 4.78 is 27.0. The fraction of sp³-hybridized carbons (Fsp3) is 0.500. The summed E-state index contributed by atoms with van der Waals surface area (Å²) in [4.78, 5) is 0. The van der Waals surface area contributed by atoms with Crippen LogP contribution in [0.2, 0.25) is 5.15 Å². The van der Waals surface area contributed by atoms with Gasteiger partial charge >= 0.3 is 10.2 Å². The van der Waals surface area contributed by atoms with Crippen molar-refractivity contribution in [1.29, 1.82) is 0 Å². The SMILES string of the molecule is CC(C)N(C)S(=O)(=O)Nc1ccc(Cl)nn1. The van der Waals surface area contributed by atoms with Crippen molar-refractivity contribution in [3.63, 3.8) is 0 Å². The summed E-state index contributed by atoms with van der Waals surface area (Å²) in [7, 11) is -2.11. The van der Waals surface area contributed by atoms with Crippen molar-refractivity contribution in [1.82, 2.24) is 14.5 Å². The lowest BCUT2D eigenvalue weighted by atomic mass is 10.4. The molecule has 0 aliphatic carbocycles. The second-order valence-electron chi connectivity index (χ2n) is 3.46. The number of nitrogens with one attached hydrogen (secondary N) is 1. The van der Waals surface area contributed by atoms with Gasteiger partial charge in [-0.1, -0.05) is 11.6 Å². The largest absolute Gasteiger partial charge is 0.302 e. The maximum atomic E-state index is 11.7. The number of aromatic nitrogens is 2. The molecule has 0 spiro atoms. The molecule has 1 N–H and O–H groups in total. The molecule has 0 fully saturated rings. The molecule has 16 heavy (non-hydrogen) atoms. The van der Waals surface area contributed by atoms with E-state index < -0.39 is 10.2 Å². The molecule has 1 rings (SSSR count). The molecule has 0 saturated carbocycles. The van der Waals surface area contributed by atoms with Gasteiger partial charge in [-0.3, -0.25) is 4.72 Å². The van der Waals surface area contributed by atoms with Crippen LogP contribution < -0.4 is 4.72 Å². The first kappa shape index (κ1) is 13.1. The number of anilines is 1.